The number of carbonyl (C=O) groups is 1. The summed E-state index contributed by atoms with van der Waals surface area (Å²) in [4.78, 5) is 12.6. The third kappa shape index (κ3) is 4.77. The van der Waals surface area contributed by atoms with Crippen molar-refractivity contribution >= 4 is 11.6 Å². The van der Waals surface area contributed by atoms with Gasteiger partial charge in [-0.25, -0.2) is 4.68 Å². The van der Waals surface area contributed by atoms with E-state index in [1.807, 2.05) is 60.7 Å². The molecule has 0 aliphatic heterocycles. The fourth-order valence-electron chi connectivity index (χ4n) is 3.27. The fraction of sp³-hybridized carbons (Fsp3) is 0. The van der Waals surface area contributed by atoms with Gasteiger partial charge in [0.2, 0.25) is 5.88 Å². The highest BCUT2D eigenvalue weighted by Crippen LogP contribution is 2.23. The van der Waals surface area contributed by atoms with E-state index < -0.39 is 0 Å². The van der Waals surface area contributed by atoms with E-state index in [1.165, 1.54) is 0 Å². The lowest BCUT2D eigenvalue weighted by Gasteiger charge is -2.08. The monoisotopic (exact) mass is 433 g/mol. The lowest BCUT2D eigenvalue weighted by atomic mass is 10.0. The number of aromatic nitrogens is 4. The Balaban J connectivity index is 1.20. The van der Waals surface area contributed by atoms with Gasteiger partial charge in [0.05, 0.1) is 0 Å². The van der Waals surface area contributed by atoms with E-state index >= 15 is 0 Å². The van der Waals surface area contributed by atoms with Gasteiger partial charge in [-0.15, -0.1) is 10.2 Å². The van der Waals surface area contributed by atoms with Crippen molar-refractivity contribution < 1.29 is 9.53 Å². The molecule has 1 N–H and O–H groups in total. The average molecular weight is 433 g/mol. The van der Waals surface area contributed by atoms with Crippen molar-refractivity contribution in [1.29, 1.82) is 0 Å². The van der Waals surface area contributed by atoms with Crippen LogP contribution in [-0.2, 0) is 0 Å². The van der Waals surface area contributed by atoms with E-state index in [0.29, 0.717) is 28.7 Å². The van der Waals surface area contributed by atoms with Crippen LogP contribution in [0.15, 0.2) is 109 Å². The van der Waals surface area contributed by atoms with Crippen LogP contribution in [0, 0.1) is 0 Å². The Kier molecular flexibility index (Phi) is 5.59. The SMILES string of the molecule is O=C(Nc1ccc(Oc2ccc(-n3cccn3)nn2)cc1)c1ccc(-c2ccccc2)cc1. The molecule has 0 atom stereocenters. The number of hydrogen-bond acceptors (Lipinski definition) is 5. The number of anilines is 1. The third-order valence-corrected chi connectivity index (χ3v) is 4.95. The Bertz CT molecular complexity index is 1330. The summed E-state index contributed by atoms with van der Waals surface area (Å²) in [6, 6.07) is 29.9. The number of benzene rings is 3. The average Bonchev–Trinajstić information content (AvgIpc) is 3.41. The molecule has 0 radical (unpaired) electrons. The standard InChI is InChI=1S/C26H19N5O2/c32-26(21-9-7-20(8-10-21)19-5-2-1-3-6-19)28-22-11-13-23(14-12-22)33-25-16-15-24(29-30-25)31-18-4-17-27-31/h1-18H,(H,28,32). The zero-order valence-corrected chi connectivity index (χ0v) is 17.5. The first-order chi connectivity index (χ1) is 16.2. The first-order valence-electron chi connectivity index (χ1n) is 10.3. The zero-order chi connectivity index (χ0) is 22.5. The van der Waals surface area contributed by atoms with Crippen LogP contribution in [-0.4, -0.2) is 25.9 Å². The van der Waals surface area contributed by atoms with Crippen molar-refractivity contribution in [3.05, 3.63) is 115 Å². The molecule has 7 heteroatoms. The summed E-state index contributed by atoms with van der Waals surface area (Å²) in [7, 11) is 0. The quantitative estimate of drug-likeness (QED) is 0.389. The fourth-order valence-corrected chi connectivity index (χ4v) is 3.27. The van der Waals surface area contributed by atoms with Crippen LogP contribution in [0.1, 0.15) is 10.4 Å². The van der Waals surface area contributed by atoms with E-state index in [0.717, 1.165) is 11.1 Å². The van der Waals surface area contributed by atoms with Crippen molar-refractivity contribution in [1.82, 2.24) is 20.0 Å². The van der Waals surface area contributed by atoms with Crippen molar-refractivity contribution in [2.75, 3.05) is 5.32 Å². The van der Waals surface area contributed by atoms with Gasteiger partial charge in [-0.3, -0.25) is 4.79 Å². The van der Waals surface area contributed by atoms with Gasteiger partial charge in [0.1, 0.15) is 5.75 Å². The molecule has 160 valence electrons. The van der Waals surface area contributed by atoms with Crippen LogP contribution in [0.4, 0.5) is 5.69 Å². The maximum absolute atomic E-state index is 12.6. The Morgan fingerprint density at radius 3 is 2.18 bits per heavy atom. The molecule has 0 aliphatic carbocycles. The molecule has 0 spiro atoms. The van der Waals surface area contributed by atoms with E-state index in [2.05, 4.69) is 20.6 Å². The minimum absolute atomic E-state index is 0.177. The van der Waals surface area contributed by atoms with Crippen molar-refractivity contribution in [3.8, 4) is 28.6 Å². The van der Waals surface area contributed by atoms with Crippen molar-refractivity contribution in [2.45, 2.75) is 0 Å². The second-order valence-corrected chi connectivity index (χ2v) is 7.20. The minimum Gasteiger partial charge on any atom is -0.438 e. The minimum atomic E-state index is -0.177. The highest BCUT2D eigenvalue weighted by Gasteiger charge is 2.08. The second-order valence-electron chi connectivity index (χ2n) is 7.20. The van der Waals surface area contributed by atoms with Crippen LogP contribution in [0.5, 0.6) is 11.6 Å². The molecule has 0 fully saturated rings. The summed E-state index contributed by atoms with van der Waals surface area (Å²) < 4.78 is 7.35. The third-order valence-electron chi connectivity index (χ3n) is 4.95. The smallest absolute Gasteiger partial charge is 0.255 e. The first-order valence-corrected chi connectivity index (χ1v) is 10.3. The maximum Gasteiger partial charge on any atom is 0.255 e. The predicted molar refractivity (Wildman–Crippen MR) is 126 cm³/mol. The van der Waals surface area contributed by atoms with Gasteiger partial charge in [-0.05, 0) is 59.7 Å². The largest absolute Gasteiger partial charge is 0.438 e. The number of nitrogens with one attached hydrogen (secondary N) is 1. The molecule has 0 saturated carbocycles. The number of hydrogen-bond donors (Lipinski definition) is 1. The highest BCUT2D eigenvalue weighted by molar-refractivity contribution is 6.04. The molecule has 33 heavy (non-hydrogen) atoms. The topological polar surface area (TPSA) is 81.9 Å². The van der Waals surface area contributed by atoms with Gasteiger partial charge in [0.25, 0.3) is 5.91 Å². The van der Waals surface area contributed by atoms with E-state index in [9.17, 15) is 4.79 Å². The molecular weight excluding hydrogens is 414 g/mol. The molecule has 1 amide bonds. The molecular formula is C26H19N5O2. The molecule has 0 bridgehead atoms. The van der Waals surface area contributed by atoms with Crippen LogP contribution >= 0.6 is 0 Å². The molecule has 7 nitrogen and oxygen atoms in total. The Morgan fingerprint density at radius 1 is 0.758 bits per heavy atom. The Morgan fingerprint density at radius 2 is 1.52 bits per heavy atom. The first kappa shape index (κ1) is 20.1. The normalized spacial score (nSPS) is 10.5. The Labute approximate surface area is 190 Å². The number of nitrogens with zero attached hydrogens (tertiary/aromatic N) is 4. The van der Waals surface area contributed by atoms with Gasteiger partial charge in [0.15, 0.2) is 5.82 Å². The van der Waals surface area contributed by atoms with Gasteiger partial charge in [-0.2, -0.15) is 5.10 Å². The lowest BCUT2D eigenvalue weighted by molar-refractivity contribution is 0.102. The summed E-state index contributed by atoms with van der Waals surface area (Å²) in [5, 5.41) is 15.2. The summed E-state index contributed by atoms with van der Waals surface area (Å²) in [5.74, 6) is 1.37. The molecule has 0 aliphatic rings. The summed E-state index contributed by atoms with van der Waals surface area (Å²) in [6.45, 7) is 0. The zero-order valence-electron chi connectivity index (χ0n) is 17.5. The van der Waals surface area contributed by atoms with Crippen molar-refractivity contribution in [3.63, 3.8) is 0 Å². The summed E-state index contributed by atoms with van der Waals surface area (Å²) >= 11 is 0. The van der Waals surface area contributed by atoms with Gasteiger partial charge in [-0.1, -0.05) is 42.5 Å². The van der Waals surface area contributed by atoms with Crippen LogP contribution in [0.3, 0.4) is 0 Å². The predicted octanol–water partition coefficient (Wildman–Crippen LogP) is 5.37. The molecule has 2 heterocycles. The number of amides is 1. The lowest BCUT2D eigenvalue weighted by Crippen LogP contribution is -2.11. The van der Waals surface area contributed by atoms with E-state index in [4.69, 9.17) is 4.74 Å². The van der Waals surface area contributed by atoms with Gasteiger partial charge in [0, 0.05) is 29.7 Å². The molecule has 5 rings (SSSR count). The number of ether oxygens (including phenoxy) is 1. The highest BCUT2D eigenvalue weighted by atomic mass is 16.5. The molecule has 2 aromatic heterocycles. The summed E-state index contributed by atoms with van der Waals surface area (Å²) in [6.07, 6.45) is 3.46. The number of carbonyl (C=O) groups excluding carboxylic acids is 1. The second kappa shape index (κ2) is 9.15. The number of rotatable bonds is 6. The van der Waals surface area contributed by atoms with Crippen molar-refractivity contribution in [2.24, 2.45) is 0 Å². The molecule has 3 aromatic carbocycles. The molecule has 5 aromatic rings. The van der Waals surface area contributed by atoms with Crippen LogP contribution in [0.2, 0.25) is 0 Å². The van der Waals surface area contributed by atoms with Gasteiger partial charge < -0.3 is 10.1 Å². The Hall–Kier alpha value is -4.78. The van der Waals surface area contributed by atoms with E-state index in [-0.39, 0.29) is 5.91 Å². The van der Waals surface area contributed by atoms with E-state index in [1.54, 1.807) is 53.5 Å². The van der Waals surface area contributed by atoms with Gasteiger partial charge >= 0.3 is 0 Å². The molecule has 0 unspecified atom stereocenters. The van der Waals surface area contributed by atoms with Crippen LogP contribution < -0.4 is 10.1 Å². The maximum atomic E-state index is 12.6. The molecule has 0 saturated heterocycles. The van der Waals surface area contributed by atoms with Crippen LogP contribution in [0.25, 0.3) is 16.9 Å². The summed E-state index contributed by atoms with van der Waals surface area (Å²) in [5.41, 5.74) is 3.43.